The standard InChI is InChI=1S/C22H22N4O3S3/c1-2-29-20(28)18-13-8-4-3-5-10-15(13)31-19(18)23-17(27)12-30-21-24-25-22-26(21)14-9-6-7-11-16(14)32-22/h6-7,9,11H,2-5,8,10,12H2,1H3,(H,23,27). The average molecular weight is 487 g/mol. The zero-order valence-corrected chi connectivity index (χ0v) is 20.0. The fraction of sp³-hybridized carbons (Fsp3) is 0.364. The number of aromatic nitrogens is 3. The van der Waals surface area contributed by atoms with Gasteiger partial charge in [-0.2, -0.15) is 0 Å². The van der Waals surface area contributed by atoms with E-state index in [1.54, 1.807) is 18.3 Å². The number of aryl methyl sites for hydroxylation is 1. The first kappa shape index (κ1) is 21.4. The van der Waals surface area contributed by atoms with E-state index in [0.717, 1.165) is 52.8 Å². The Balaban J connectivity index is 1.35. The Morgan fingerprint density at radius 1 is 1.16 bits per heavy atom. The van der Waals surface area contributed by atoms with Gasteiger partial charge in [-0.25, -0.2) is 4.79 Å². The summed E-state index contributed by atoms with van der Waals surface area (Å²) in [5, 5.41) is 12.8. The number of thiazole rings is 1. The van der Waals surface area contributed by atoms with Gasteiger partial charge in [0.25, 0.3) is 0 Å². The number of carbonyl (C=O) groups is 2. The second-order valence-corrected chi connectivity index (χ2v) is 10.6. The fourth-order valence-electron chi connectivity index (χ4n) is 3.99. The van der Waals surface area contributed by atoms with Crippen molar-refractivity contribution in [1.82, 2.24) is 14.6 Å². The van der Waals surface area contributed by atoms with E-state index in [9.17, 15) is 9.59 Å². The van der Waals surface area contributed by atoms with Crippen LogP contribution in [0.15, 0.2) is 29.4 Å². The van der Waals surface area contributed by atoms with Gasteiger partial charge in [0.05, 0.1) is 28.1 Å². The van der Waals surface area contributed by atoms with E-state index in [0.29, 0.717) is 22.3 Å². The maximum atomic E-state index is 12.8. The van der Waals surface area contributed by atoms with Crippen LogP contribution >= 0.6 is 34.4 Å². The van der Waals surface area contributed by atoms with Crippen LogP contribution in [0.5, 0.6) is 0 Å². The number of hydrogen-bond donors (Lipinski definition) is 1. The summed E-state index contributed by atoms with van der Waals surface area (Å²) in [6, 6.07) is 8.05. The molecule has 0 radical (unpaired) electrons. The SMILES string of the molecule is CCOC(=O)c1c(NC(=O)CSc2nnc3sc4ccccc4n23)sc2c1CCCCC2. The molecular weight excluding hydrogens is 464 g/mol. The van der Waals surface area contributed by atoms with Crippen LogP contribution in [0.2, 0.25) is 0 Å². The van der Waals surface area contributed by atoms with Crippen molar-refractivity contribution in [3.8, 4) is 0 Å². The van der Waals surface area contributed by atoms with E-state index in [2.05, 4.69) is 15.5 Å². The molecule has 0 spiro atoms. The number of nitrogens with zero attached hydrogens (tertiary/aromatic N) is 3. The topological polar surface area (TPSA) is 85.6 Å². The van der Waals surface area contributed by atoms with Crippen LogP contribution < -0.4 is 5.32 Å². The second-order valence-electron chi connectivity index (χ2n) is 7.50. The third-order valence-electron chi connectivity index (χ3n) is 5.40. The van der Waals surface area contributed by atoms with Crippen LogP contribution in [0.4, 0.5) is 5.00 Å². The summed E-state index contributed by atoms with van der Waals surface area (Å²) in [5.41, 5.74) is 2.63. The number of esters is 1. The molecule has 0 saturated heterocycles. The Labute approximate surface area is 197 Å². The minimum absolute atomic E-state index is 0.173. The van der Waals surface area contributed by atoms with Gasteiger partial charge in [-0.15, -0.1) is 21.5 Å². The first-order chi connectivity index (χ1) is 15.7. The van der Waals surface area contributed by atoms with E-state index < -0.39 is 0 Å². The lowest BCUT2D eigenvalue weighted by atomic mass is 10.1. The van der Waals surface area contributed by atoms with Crippen molar-refractivity contribution in [2.45, 2.75) is 44.2 Å². The molecule has 0 unspecified atom stereocenters. The normalized spacial score (nSPS) is 13.8. The number of thioether (sulfide) groups is 1. The van der Waals surface area contributed by atoms with Gasteiger partial charge in [0.1, 0.15) is 5.00 Å². The fourth-order valence-corrected chi connectivity index (χ4v) is 7.05. The lowest BCUT2D eigenvalue weighted by Crippen LogP contribution is -2.17. The molecule has 0 saturated carbocycles. The molecule has 1 amide bonds. The van der Waals surface area contributed by atoms with Crippen LogP contribution in [0, 0.1) is 0 Å². The van der Waals surface area contributed by atoms with E-state index in [1.165, 1.54) is 28.0 Å². The molecule has 5 rings (SSSR count). The van der Waals surface area contributed by atoms with E-state index >= 15 is 0 Å². The molecule has 0 atom stereocenters. The van der Waals surface area contributed by atoms with Gasteiger partial charge in [-0.1, -0.05) is 41.7 Å². The first-order valence-corrected chi connectivity index (χ1v) is 13.2. The molecule has 1 N–H and O–H groups in total. The van der Waals surface area contributed by atoms with Gasteiger partial charge in [0.2, 0.25) is 10.9 Å². The van der Waals surface area contributed by atoms with E-state index in [-0.39, 0.29) is 17.6 Å². The smallest absolute Gasteiger partial charge is 0.341 e. The quantitative estimate of drug-likeness (QED) is 0.230. The Bertz CT molecular complexity index is 1310. The number of ether oxygens (including phenoxy) is 1. The monoisotopic (exact) mass is 486 g/mol. The van der Waals surface area contributed by atoms with Crippen molar-refractivity contribution in [3.63, 3.8) is 0 Å². The molecule has 4 aromatic rings. The highest BCUT2D eigenvalue weighted by molar-refractivity contribution is 7.99. The number of benzene rings is 1. The Morgan fingerprint density at radius 2 is 2.00 bits per heavy atom. The number of hydrogen-bond acceptors (Lipinski definition) is 8. The molecule has 166 valence electrons. The Kier molecular flexibility index (Phi) is 6.16. The van der Waals surface area contributed by atoms with Crippen LogP contribution in [0.25, 0.3) is 15.2 Å². The third kappa shape index (κ3) is 4.02. The third-order valence-corrected chi connectivity index (χ3v) is 8.55. The Morgan fingerprint density at radius 3 is 2.88 bits per heavy atom. The summed E-state index contributed by atoms with van der Waals surface area (Å²) < 4.78 is 8.41. The lowest BCUT2D eigenvalue weighted by Gasteiger charge is -2.08. The van der Waals surface area contributed by atoms with E-state index in [1.807, 2.05) is 28.7 Å². The van der Waals surface area contributed by atoms with Crippen molar-refractivity contribution in [2.75, 3.05) is 17.7 Å². The van der Waals surface area contributed by atoms with Crippen LogP contribution in [-0.2, 0) is 22.4 Å². The summed E-state index contributed by atoms with van der Waals surface area (Å²) in [5.74, 6) is -0.345. The molecule has 7 nitrogen and oxygen atoms in total. The highest BCUT2D eigenvalue weighted by atomic mass is 32.2. The summed E-state index contributed by atoms with van der Waals surface area (Å²) in [7, 11) is 0. The minimum atomic E-state index is -0.348. The van der Waals surface area contributed by atoms with Crippen LogP contribution in [-0.4, -0.2) is 38.8 Å². The maximum absolute atomic E-state index is 12.8. The molecule has 1 aromatic carbocycles. The molecule has 32 heavy (non-hydrogen) atoms. The van der Waals surface area contributed by atoms with Gasteiger partial charge in [0, 0.05) is 4.88 Å². The minimum Gasteiger partial charge on any atom is -0.462 e. The highest BCUT2D eigenvalue weighted by Gasteiger charge is 2.26. The number of para-hydroxylation sites is 1. The van der Waals surface area contributed by atoms with Crippen molar-refractivity contribution in [1.29, 1.82) is 0 Å². The largest absolute Gasteiger partial charge is 0.462 e. The second kappa shape index (κ2) is 9.21. The summed E-state index contributed by atoms with van der Waals surface area (Å²) >= 11 is 4.42. The molecular formula is C22H22N4O3S3. The Hall–Kier alpha value is -2.43. The number of carbonyl (C=O) groups excluding carboxylic acids is 2. The van der Waals surface area contributed by atoms with Gasteiger partial charge in [-0.05, 0) is 50.3 Å². The molecule has 0 fully saturated rings. The van der Waals surface area contributed by atoms with Gasteiger partial charge >= 0.3 is 5.97 Å². The molecule has 1 aliphatic rings. The van der Waals surface area contributed by atoms with Crippen molar-refractivity contribution in [3.05, 3.63) is 40.3 Å². The predicted octanol–water partition coefficient (Wildman–Crippen LogP) is 5.18. The highest BCUT2D eigenvalue weighted by Crippen LogP contribution is 2.38. The number of fused-ring (bicyclic) bond motifs is 4. The van der Waals surface area contributed by atoms with Crippen molar-refractivity contribution in [2.24, 2.45) is 0 Å². The first-order valence-electron chi connectivity index (χ1n) is 10.6. The zero-order valence-electron chi connectivity index (χ0n) is 17.6. The van der Waals surface area contributed by atoms with Crippen LogP contribution in [0.1, 0.15) is 47.0 Å². The molecule has 0 aliphatic heterocycles. The van der Waals surface area contributed by atoms with E-state index in [4.69, 9.17) is 4.74 Å². The van der Waals surface area contributed by atoms with Gasteiger partial charge in [0.15, 0.2) is 5.16 Å². The number of thiophene rings is 1. The molecule has 3 heterocycles. The van der Waals surface area contributed by atoms with Crippen LogP contribution in [0.3, 0.4) is 0 Å². The summed E-state index contributed by atoms with van der Waals surface area (Å²) in [4.78, 5) is 27.5. The summed E-state index contributed by atoms with van der Waals surface area (Å²) in [6.45, 7) is 2.11. The molecule has 0 bridgehead atoms. The zero-order chi connectivity index (χ0) is 22.1. The van der Waals surface area contributed by atoms with Crippen molar-refractivity contribution < 1.29 is 14.3 Å². The average Bonchev–Trinajstić information content (AvgIpc) is 3.39. The molecule has 3 aromatic heterocycles. The summed E-state index contributed by atoms with van der Waals surface area (Å²) in [6.07, 6.45) is 5.12. The number of amides is 1. The number of rotatable bonds is 6. The molecule has 10 heteroatoms. The van der Waals surface area contributed by atoms with Crippen molar-refractivity contribution >= 4 is 66.5 Å². The predicted molar refractivity (Wildman–Crippen MR) is 129 cm³/mol. The molecule has 1 aliphatic carbocycles. The number of anilines is 1. The number of nitrogens with one attached hydrogen (secondary N) is 1. The van der Waals surface area contributed by atoms with Gasteiger partial charge in [-0.3, -0.25) is 9.20 Å². The maximum Gasteiger partial charge on any atom is 0.341 e. The lowest BCUT2D eigenvalue weighted by molar-refractivity contribution is -0.113. The van der Waals surface area contributed by atoms with Gasteiger partial charge < -0.3 is 10.1 Å².